The summed E-state index contributed by atoms with van der Waals surface area (Å²) in [6.07, 6.45) is 1.90. The molecule has 1 aliphatic heterocycles. The van der Waals surface area contributed by atoms with Crippen LogP contribution in [0, 0.1) is 6.92 Å². The third kappa shape index (κ3) is 2.37. The lowest BCUT2D eigenvalue weighted by molar-refractivity contribution is -0.130. The number of rotatable bonds is 1. The molecule has 6 heteroatoms. The van der Waals surface area contributed by atoms with Crippen LogP contribution >= 0.6 is 0 Å². The molecule has 1 aliphatic rings. The van der Waals surface area contributed by atoms with Gasteiger partial charge in [-0.25, -0.2) is 4.98 Å². The molecule has 0 N–H and O–H groups in total. The minimum atomic E-state index is -0.0602. The minimum Gasteiger partial charge on any atom is -0.339 e. The van der Waals surface area contributed by atoms with Crippen LogP contribution < -0.4 is 0 Å². The number of piperazine rings is 1. The van der Waals surface area contributed by atoms with E-state index in [-0.39, 0.29) is 11.8 Å². The number of hydrogen-bond donors (Lipinski definition) is 0. The molecule has 0 aromatic carbocycles. The SMILES string of the molecule is CC(=O)N1CCN(C(=O)c2nc(C)n3ccccc23)CC1. The van der Waals surface area contributed by atoms with Gasteiger partial charge in [-0.05, 0) is 19.1 Å². The Hall–Kier alpha value is -2.37. The summed E-state index contributed by atoms with van der Waals surface area (Å²) in [5.74, 6) is 0.803. The zero-order chi connectivity index (χ0) is 15.0. The van der Waals surface area contributed by atoms with Crippen LogP contribution in [0.4, 0.5) is 0 Å². The fraction of sp³-hybridized carbons (Fsp3) is 0.400. The summed E-state index contributed by atoms with van der Waals surface area (Å²) in [4.78, 5) is 31.9. The first-order chi connectivity index (χ1) is 10.1. The molecule has 2 aromatic heterocycles. The maximum atomic E-state index is 12.7. The van der Waals surface area contributed by atoms with E-state index in [1.54, 1.807) is 16.7 Å². The number of carbonyl (C=O) groups excluding carboxylic acids is 2. The van der Waals surface area contributed by atoms with Crippen LogP contribution in [0.5, 0.6) is 0 Å². The largest absolute Gasteiger partial charge is 0.339 e. The van der Waals surface area contributed by atoms with Gasteiger partial charge in [-0.1, -0.05) is 6.07 Å². The third-order valence-corrected chi connectivity index (χ3v) is 3.94. The normalized spacial score (nSPS) is 15.5. The van der Waals surface area contributed by atoms with Gasteiger partial charge in [0, 0.05) is 39.3 Å². The Bertz CT molecular complexity index is 699. The fourth-order valence-electron chi connectivity index (χ4n) is 2.72. The molecule has 0 radical (unpaired) electrons. The van der Waals surface area contributed by atoms with Gasteiger partial charge in [0.05, 0.1) is 5.52 Å². The number of hydrogen-bond acceptors (Lipinski definition) is 3. The van der Waals surface area contributed by atoms with E-state index in [1.165, 1.54) is 0 Å². The van der Waals surface area contributed by atoms with E-state index in [1.807, 2.05) is 35.7 Å². The van der Waals surface area contributed by atoms with Crippen LogP contribution in [0.1, 0.15) is 23.2 Å². The molecule has 0 bridgehead atoms. The molecule has 1 saturated heterocycles. The van der Waals surface area contributed by atoms with Crippen molar-refractivity contribution in [1.29, 1.82) is 0 Å². The second-order valence-electron chi connectivity index (χ2n) is 5.26. The third-order valence-electron chi connectivity index (χ3n) is 3.94. The van der Waals surface area contributed by atoms with E-state index in [0.29, 0.717) is 31.9 Å². The molecular formula is C15H18N4O2. The monoisotopic (exact) mass is 286 g/mol. The van der Waals surface area contributed by atoms with Gasteiger partial charge in [-0.3, -0.25) is 9.59 Å². The lowest BCUT2D eigenvalue weighted by atomic mass is 10.2. The number of amides is 2. The first-order valence-corrected chi connectivity index (χ1v) is 7.06. The molecule has 0 spiro atoms. The zero-order valence-electron chi connectivity index (χ0n) is 12.2. The number of aryl methyl sites for hydroxylation is 1. The van der Waals surface area contributed by atoms with Crippen molar-refractivity contribution in [2.45, 2.75) is 13.8 Å². The minimum absolute atomic E-state index is 0.0602. The highest BCUT2D eigenvalue weighted by Crippen LogP contribution is 2.16. The second kappa shape index (κ2) is 5.20. The maximum Gasteiger partial charge on any atom is 0.274 e. The smallest absolute Gasteiger partial charge is 0.274 e. The maximum absolute atomic E-state index is 12.7. The van der Waals surface area contributed by atoms with Gasteiger partial charge in [0.25, 0.3) is 5.91 Å². The summed E-state index contributed by atoms with van der Waals surface area (Å²) < 4.78 is 1.92. The van der Waals surface area contributed by atoms with Gasteiger partial charge >= 0.3 is 0 Å². The van der Waals surface area contributed by atoms with E-state index >= 15 is 0 Å². The van der Waals surface area contributed by atoms with E-state index in [9.17, 15) is 9.59 Å². The molecule has 0 atom stereocenters. The van der Waals surface area contributed by atoms with E-state index in [2.05, 4.69) is 4.98 Å². The highest BCUT2D eigenvalue weighted by molar-refractivity contribution is 5.99. The van der Waals surface area contributed by atoms with Gasteiger partial charge < -0.3 is 14.2 Å². The van der Waals surface area contributed by atoms with Crippen molar-refractivity contribution in [3.8, 4) is 0 Å². The number of pyridine rings is 1. The van der Waals surface area contributed by atoms with E-state index in [4.69, 9.17) is 0 Å². The number of aromatic nitrogens is 2. The topological polar surface area (TPSA) is 57.9 Å². The number of carbonyl (C=O) groups is 2. The molecule has 2 amide bonds. The predicted molar refractivity (Wildman–Crippen MR) is 78.1 cm³/mol. The number of nitrogens with zero attached hydrogens (tertiary/aromatic N) is 4. The first-order valence-electron chi connectivity index (χ1n) is 7.06. The van der Waals surface area contributed by atoms with Gasteiger partial charge in [-0.15, -0.1) is 0 Å². The standard InChI is InChI=1S/C15H18N4O2/c1-11-16-14(13-5-3-4-6-19(11)13)15(21)18-9-7-17(8-10-18)12(2)20/h3-6H,7-10H2,1-2H3. The number of fused-ring (bicyclic) bond motifs is 1. The zero-order valence-corrected chi connectivity index (χ0v) is 12.2. The van der Waals surface area contributed by atoms with E-state index < -0.39 is 0 Å². The Kier molecular flexibility index (Phi) is 3.37. The summed E-state index contributed by atoms with van der Waals surface area (Å²) in [5.41, 5.74) is 1.32. The molecule has 3 rings (SSSR count). The van der Waals surface area contributed by atoms with Gasteiger partial charge in [0.1, 0.15) is 5.82 Å². The van der Waals surface area contributed by atoms with Crippen molar-refractivity contribution >= 4 is 17.3 Å². The van der Waals surface area contributed by atoms with Crippen molar-refractivity contribution in [3.63, 3.8) is 0 Å². The van der Waals surface area contributed by atoms with Crippen LogP contribution in [0.15, 0.2) is 24.4 Å². The van der Waals surface area contributed by atoms with Crippen LogP contribution in [-0.2, 0) is 4.79 Å². The second-order valence-corrected chi connectivity index (χ2v) is 5.26. The lowest BCUT2D eigenvalue weighted by Crippen LogP contribution is -2.50. The van der Waals surface area contributed by atoms with Crippen molar-refractivity contribution in [1.82, 2.24) is 19.2 Å². The van der Waals surface area contributed by atoms with Gasteiger partial charge in [0.15, 0.2) is 5.69 Å². The van der Waals surface area contributed by atoms with Crippen LogP contribution in [0.2, 0.25) is 0 Å². The van der Waals surface area contributed by atoms with Crippen LogP contribution in [0.25, 0.3) is 5.52 Å². The Labute approximate surface area is 123 Å². The summed E-state index contributed by atoms with van der Waals surface area (Å²) in [5, 5.41) is 0. The summed E-state index contributed by atoms with van der Waals surface area (Å²) in [6.45, 7) is 5.74. The molecule has 0 saturated carbocycles. The molecule has 3 heterocycles. The molecule has 0 aliphatic carbocycles. The summed E-state index contributed by atoms with van der Waals surface area (Å²) in [6, 6.07) is 5.72. The summed E-state index contributed by atoms with van der Waals surface area (Å²) >= 11 is 0. The lowest BCUT2D eigenvalue weighted by Gasteiger charge is -2.33. The highest BCUT2D eigenvalue weighted by Gasteiger charge is 2.26. The molecule has 110 valence electrons. The highest BCUT2D eigenvalue weighted by atomic mass is 16.2. The van der Waals surface area contributed by atoms with Crippen molar-refractivity contribution in [3.05, 3.63) is 35.9 Å². The quantitative estimate of drug-likeness (QED) is 0.784. The average molecular weight is 286 g/mol. The van der Waals surface area contributed by atoms with Crippen molar-refractivity contribution in [2.24, 2.45) is 0 Å². The van der Waals surface area contributed by atoms with Crippen LogP contribution in [-0.4, -0.2) is 57.2 Å². The van der Waals surface area contributed by atoms with E-state index in [0.717, 1.165) is 11.3 Å². The Morgan fingerprint density at radius 3 is 2.43 bits per heavy atom. The molecule has 0 unspecified atom stereocenters. The predicted octanol–water partition coefficient (Wildman–Crippen LogP) is 0.947. The molecule has 1 fully saturated rings. The van der Waals surface area contributed by atoms with Crippen molar-refractivity contribution in [2.75, 3.05) is 26.2 Å². The Morgan fingerprint density at radius 2 is 1.76 bits per heavy atom. The molecule has 2 aromatic rings. The van der Waals surface area contributed by atoms with Gasteiger partial charge in [-0.2, -0.15) is 0 Å². The first kappa shape index (κ1) is 13.6. The Morgan fingerprint density at radius 1 is 1.10 bits per heavy atom. The van der Waals surface area contributed by atoms with Crippen LogP contribution in [0.3, 0.4) is 0 Å². The average Bonchev–Trinajstić information content (AvgIpc) is 2.84. The number of imidazole rings is 1. The van der Waals surface area contributed by atoms with Gasteiger partial charge in [0.2, 0.25) is 5.91 Å². The Balaban J connectivity index is 1.84. The van der Waals surface area contributed by atoms with Crippen molar-refractivity contribution < 1.29 is 9.59 Å². The molecule has 21 heavy (non-hydrogen) atoms. The molecule has 6 nitrogen and oxygen atoms in total. The molecular weight excluding hydrogens is 268 g/mol. The summed E-state index contributed by atoms with van der Waals surface area (Å²) in [7, 11) is 0. The fourth-order valence-corrected chi connectivity index (χ4v) is 2.72.